The van der Waals surface area contributed by atoms with Crippen molar-refractivity contribution in [2.75, 3.05) is 11.5 Å². The van der Waals surface area contributed by atoms with Crippen LogP contribution in [0.2, 0.25) is 0 Å². The van der Waals surface area contributed by atoms with E-state index in [-0.39, 0.29) is 28.1 Å². The number of hydrogen-bond donors (Lipinski definition) is 1. The molecule has 0 aliphatic carbocycles. The number of nitrogens with one attached hydrogen (secondary N) is 1. The van der Waals surface area contributed by atoms with Gasteiger partial charge >= 0.3 is 6.18 Å². The summed E-state index contributed by atoms with van der Waals surface area (Å²) in [5.41, 5.74) is -0.974. The Morgan fingerprint density at radius 2 is 2.06 bits per heavy atom. The molecule has 0 saturated carbocycles. The highest BCUT2D eigenvalue weighted by atomic mass is 32.2. The number of hydrogen-bond acceptors (Lipinski definition) is 3. The molecule has 9 heteroatoms. The van der Waals surface area contributed by atoms with Crippen molar-refractivity contribution < 1.29 is 21.6 Å². The van der Waals surface area contributed by atoms with Crippen molar-refractivity contribution in [1.82, 2.24) is 9.78 Å². The molecule has 2 heterocycles. The standard InChI is InChI=1S/C9H11F3N2O2S2/c1-5-7(9(10,11)12)13-14(8(5)17)6-2-3-18(15,16)4-6/h6,13H,2-4H2,1H3. The predicted molar refractivity (Wildman–Crippen MR) is 61.7 cm³/mol. The van der Waals surface area contributed by atoms with Crippen LogP contribution in [0.1, 0.15) is 23.7 Å². The molecule has 0 spiro atoms. The van der Waals surface area contributed by atoms with Gasteiger partial charge in [-0.15, -0.1) is 0 Å². The van der Waals surface area contributed by atoms with Gasteiger partial charge in [-0.1, -0.05) is 12.2 Å². The van der Waals surface area contributed by atoms with Crippen molar-refractivity contribution in [3.63, 3.8) is 0 Å². The molecule has 2 rings (SSSR count). The molecule has 1 aromatic rings. The largest absolute Gasteiger partial charge is 0.433 e. The smallest absolute Gasteiger partial charge is 0.293 e. The summed E-state index contributed by atoms with van der Waals surface area (Å²) in [4.78, 5) is 0. The Balaban J connectivity index is 2.46. The van der Waals surface area contributed by atoms with Gasteiger partial charge in [0.05, 0.1) is 17.5 Å². The van der Waals surface area contributed by atoms with E-state index in [1.165, 1.54) is 6.92 Å². The number of aromatic nitrogens is 2. The Kier molecular flexibility index (Phi) is 3.09. The van der Waals surface area contributed by atoms with Crippen LogP contribution in [0.3, 0.4) is 0 Å². The summed E-state index contributed by atoms with van der Waals surface area (Å²) in [6, 6.07) is -0.530. The highest BCUT2D eigenvalue weighted by Crippen LogP contribution is 2.33. The van der Waals surface area contributed by atoms with Crippen LogP contribution in [-0.2, 0) is 16.0 Å². The van der Waals surface area contributed by atoms with Gasteiger partial charge in [-0.3, -0.25) is 9.78 Å². The second kappa shape index (κ2) is 4.09. The molecule has 0 amide bonds. The zero-order valence-electron chi connectivity index (χ0n) is 9.41. The molecule has 1 fully saturated rings. The lowest BCUT2D eigenvalue weighted by molar-refractivity contribution is -0.142. The van der Waals surface area contributed by atoms with Crippen molar-refractivity contribution in [3.05, 3.63) is 15.9 Å². The highest BCUT2D eigenvalue weighted by molar-refractivity contribution is 7.91. The van der Waals surface area contributed by atoms with Crippen LogP contribution < -0.4 is 0 Å². The summed E-state index contributed by atoms with van der Waals surface area (Å²) < 4.78 is 61.8. The van der Waals surface area contributed by atoms with Gasteiger partial charge in [0.15, 0.2) is 9.84 Å². The van der Waals surface area contributed by atoms with E-state index in [0.29, 0.717) is 0 Å². The van der Waals surface area contributed by atoms with Gasteiger partial charge in [0.1, 0.15) is 10.3 Å². The van der Waals surface area contributed by atoms with Crippen molar-refractivity contribution in [1.29, 1.82) is 0 Å². The van der Waals surface area contributed by atoms with Crippen LogP contribution >= 0.6 is 12.2 Å². The summed E-state index contributed by atoms with van der Waals surface area (Å²) >= 11 is 4.93. The maximum atomic E-state index is 12.7. The van der Waals surface area contributed by atoms with E-state index in [0.717, 1.165) is 4.68 Å². The van der Waals surface area contributed by atoms with Gasteiger partial charge in [-0.25, -0.2) is 8.42 Å². The lowest BCUT2D eigenvalue weighted by Crippen LogP contribution is -2.14. The molecular weight excluding hydrogens is 289 g/mol. The van der Waals surface area contributed by atoms with Crippen LogP contribution in [-0.4, -0.2) is 29.7 Å². The van der Waals surface area contributed by atoms with Crippen molar-refractivity contribution in [3.8, 4) is 0 Å². The molecule has 1 saturated heterocycles. The fraction of sp³-hybridized carbons (Fsp3) is 0.667. The molecule has 1 N–H and O–H groups in total. The molecule has 0 radical (unpaired) electrons. The third-order valence-electron chi connectivity index (χ3n) is 3.00. The van der Waals surface area contributed by atoms with Gasteiger partial charge in [-0.05, 0) is 13.3 Å². The van der Waals surface area contributed by atoms with E-state index < -0.39 is 27.7 Å². The average Bonchev–Trinajstić information content (AvgIpc) is 2.69. The van der Waals surface area contributed by atoms with Crippen LogP contribution in [0, 0.1) is 11.6 Å². The number of halogens is 3. The first-order valence-corrected chi connectivity index (χ1v) is 7.43. The average molecular weight is 300 g/mol. The molecule has 0 aromatic carbocycles. The maximum absolute atomic E-state index is 12.7. The van der Waals surface area contributed by atoms with Gasteiger partial charge in [0.2, 0.25) is 0 Å². The number of sulfone groups is 1. The molecule has 1 aliphatic rings. The fourth-order valence-electron chi connectivity index (χ4n) is 2.05. The zero-order valence-corrected chi connectivity index (χ0v) is 11.0. The monoisotopic (exact) mass is 300 g/mol. The Hall–Kier alpha value is -0.830. The van der Waals surface area contributed by atoms with Crippen LogP contribution in [0.5, 0.6) is 0 Å². The number of alkyl halides is 3. The normalized spacial score (nSPS) is 23.4. The van der Waals surface area contributed by atoms with Crippen molar-refractivity contribution in [2.45, 2.75) is 25.6 Å². The fourth-order valence-corrected chi connectivity index (χ4v) is 4.05. The molecule has 18 heavy (non-hydrogen) atoms. The second-order valence-electron chi connectivity index (χ2n) is 4.34. The molecule has 1 unspecified atom stereocenters. The highest BCUT2D eigenvalue weighted by Gasteiger charge is 2.37. The maximum Gasteiger partial charge on any atom is 0.433 e. The number of H-pyrrole nitrogens is 1. The molecular formula is C9H11F3N2O2S2. The molecule has 102 valence electrons. The third-order valence-corrected chi connectivity index (χ3v) is 5.26. The van der Waals surface area contributed by atoms with Gasteiger partial charge in [-0.2, -0.15) is 13.2 Å². The summed E-state index contributed by atoms with van der Waals surface area (Å²) in [6.45, 7) is 1.28. The lowest BCUT2D eigenvalue weighted by Gasteiger charge is -2.10. The first-order valence-electron chi connectivity index (χ1n) is 5.20. The summed E-state index contributed by atoms with van der Waals surface area (Å²) in [5.74, 6) is -0.183. The van der Waals surface area contributed by atoms with Crippen LogP contribution in [0.4, 0.5) is 13.2 Å². The number of aromatic amines is 1. The second-order valence-corrected chi connectivity index (χ2v) is 6.96. The molecule has 1 atom stereocenters. The van der Waals surface area contributed by atoms with E-state index in [9.17, 15) is 21.6 Å². The summed E-state index contributed by atoms with van der Waals surface area (Å²) in [5, 5.41) is 2.19. The molecule has 4 nitrogen and oxygen atoms in total. The minimum absolute atomic E-state index is 0.0150. The Morgan fingerprint density at radius 3 is 2.44 bits per heavy atom. The van der Waals surface area contributed by atoms with E-state index in [4.69, 9.17) is 12.2 Å². The van der Waals surface area contributed by atoms with E-state index in [2.05, 4.69) is 5.10 Å². The van der Waals surface area contributed by atoms with E-state index >= 15 is 0 Å². The predicted octanol–water partition coefficient (Wildman–Crippen LogP) is 2.23. The Labute approximate surface area is 107 Å². The van der Waals surface area contributed by atoms with Crippen molar-refractivity contribution >= 4 is 22.1 Å². The minimum Gasteiger partial charge on any atom is -0.293 e. The molecule has 1 aromatic heterocycles. The van der Waals surface area contributed by atoms with Crippen LogP contribution in [0.25, 0.3) is 0 Å². The number of nitrogens with zero attached hydrogens (tertiary/aromatic N) is 1. The van der Waals surface area contributed by atoms with Gasteiger partial charge < -0.3 is 0 Å². The number of rotatable bonds is 1. The first-order chi connectivity index (χ1) is 8.12. The third kappa shape index (κ3) is 2.33. The SMILES string of the molecule is Cc1c(C(F)(F)F)[nH]n(C2CCS(=O)(=O)C2)c1=S. The van der Waals surface area contributed by atoms with Crippen molar-refractivity contribution in [2.24, 2.45) is 0 Å². The Bertz CT molecular complexity index is 627. The van der Waals surface area contributed by atoms with E-state index in [1.54, 1.807) is 0 Å². The first kappa shape index (κ1) is 13.6. The Morgan fingerprint density at radius 1 is 1.44 bits per heavy atom. The van der Waals surface area contributed by atoms with E-state index in [1.807, 2.05) is 0 Å². The molecule has 1 aliphatic heterocycles. The summed E-state index contributed by atoms with van der Waals surface area (Å²) in [7, 11) is -3.17. The zero-order chi connectivity index (χ0) is 13.7. The lowest BCUT2D eigenvalue weighted by atomic mass is 10.2. The summed E-state index contributed by atoms with van der Waals surface area (Å²) in [6.07, 6.45) is -4.23. The van der Waals surface area contributed by atoms with Gasteiger partial charge in [0.25, 0.3) is 0 Å². The topological polar surface area (TPSA) is 54.9 Å². The minimum atomic E-state index is -4.51. The van der Waals surface area contributed by atoms with Gasteiger partial charge in [0, 0.05) is 5.56 Å². The molecule has 0 bridgehead atoms. The quantitative estimate of drug-likeness (QED) is 0.809. The van der Waals surface area contributed by atoms with Crippen LogP contribution in [0.15, 0.2) is 0 Å².